The fraction of sp³-hybridized carbons (Fsp3) is 0.800. The summed E-state index contributed by atoms with van der Waals surface area (Å²) in [6.45, 7) is 9.42. The van der Waals surface area contributed by atoms with Gasteiger partial charge in [0.15, 0.2) is 0 Å². The number of nitrogens with one attached hydrogen (secondary N) is 1. The minimum atomic E-state index is -0.0635. The number of hydrogen-bond donors (Lipinski definition) is 1. The van der Waals surface area contributed by atoms with Gasteiger partial charge in [-0.1, -0.05) is 33.6 Å². The quantitative estimate of drug-likeness (QED) is 0.880. The zero-order valence-electron chi connectivity index (χ0n) is 16.3. The summed E-state index contributed by atoms with van der Waals surface area (Å²) in [5, 5.41) is 3.67. The summed E-state index contributed by atoms with van der Waals surface area (Å²) >= 11 is 0. The van der Waals surface area contributed by atoms with Crippen LogP contribution in [0, 0.1) is 0 Å². The highest BCUT2D eigenvalue weighted by molar-refractivity contribution is 5.38. The molecule has 1 aromatic rings. The van der Waals surface area contributed by atoms with Crippen molar-refractivity contribution in [2.75, 3.05) is 25.5 Å². The second-order valence-electron chi connectivity index (χ2n) is 8.64. The molecule has 0 atom stereocenters. The molecule has 5 nitrogen and oxygen atoms in total. The minimum Gasteiger partial charge on any atom is -0.378 e. The summed E-state index contributed by atoms with van der Waals surface area (Å²) in [6, 6.07) is 3.40. The predicted octanol–water partition coefficient (Wildman–Crippen LogP) is 3.74. The fourth-order valence-electron chi connectivity index (χ4n) is 4.02. The van der Waals surface area contributed by atoms with Gasteiger partial charge in [0.2, 0.25) is 0 Å². The number of likely N-dealkylation sites (tertiary alicyclic amines) is 1. The number of rotatable bonds is 5. The molecule has 140 valence electrons. The van der Waals surface area contributed by atoms with E-state index in [0.29, 0.717) is 12.6 Å². The first-order valence-electron chi connectivity index (χ1n) is 9.83. The highest BCUT2D eigenvalue weighted by Gasteiger charge is 2.27. The molecule has 2 heterocycles. The van der Waals surface area contributed by atoms with Crippen LogP contribution in [-0.2, 0) is 16.8 Å². The summed E-state index contributed by atoms with van der Waals surface area (Å²) in [6.07, 6.45) is 8.04. The molecule has 1 saturated heterocycles. The van der Waals surface area contributed by atoms with Crippen LogP contribution in [0.3, 0.4) is 0 Å². The lowest BCUT2D eigenvalue weighted by Crippen LogP contribution is -2.43. The molecule has 1 N–H and O–H groups in total. The molecule has 0 spiro atoms. The summed E-state index contributed by atoms with van der Waals surface area (Å²) < 4.78 is 5.29. The Kier molecular flexibility index (Phi) is 5.95. The Labute approximate surface area is 152 Å². The van der Waals surface area contributed by atoms with E-state index in [1.807, 2.05) is 6.07 Å². The van der Waals surface area contributed by atoms with E-state index in [4.69, 9.17) is 9.72 Å². The molecule has 3 rings (SSSR count). The maximum Gasteiger partial charge on any atom is 0.136 e. The number of methoxy groups -OCH3 is 1. The molecule has 25 heavy (non-hydrogen) atoms. The zero-order chi connectivity index (χ0) is 17.9. The molecule has 0 radical (unpaired) electrons. The molecule has 0 aromatic carbocycles. The van der Waals surface area contributed by atoms with E-state index in [1.165, 1.54) is 51.6 Å². The molecule has 0 unspecified atom stereocenters. The van der Waals surface area contributed by atoms with Crippen molar-refractivity contribution < 1.29 is 4.74 Å². The van der Waals surface area contributed by atoms with Gasteiger partial charge in [-0.05, 0) is 25.7 Å². The third-order valence-corrected chi connectivity index (χ3v) is 5.46. The Balaban J connectivity index is 1.63. The van der Waals surface area contributed by atoms with E-state index in [-0.39, 0.29) is 5.41 Å². The number of nitrogens with zero attached hydrogens (tertiary/aromatic N) is 3. The van der Waals surface area contributed by atoms with Gasteiger partial charge in [0.05, 0.1) is 12.3 Å². The van der Waals surface area contributed by atoms with Crippen molar-refractivity contribution in [1.29, 1.82) is 0 Å². The van der Waals surface area contributed by atoms with Gasteiger partial charge in [-0.3, -0.25) is 0 Å². The van der Waals surface area contributed by atoms with E-state index in [9.17, 15) is 0 Å². The fourth-order valence-corrected chi connectivity index (χ4v) is 4.02. The second kappa shape index (κ2) is 8.00. The van der Waals surface area contributed by atoms with Crippen LogP contribution in [0.2, 0.25) is 0 Å². The van der Waals surface area contributed by atoms with Crippen LogP contribution >= 0.6 is 0 Å². The summed E-state index contributed by atoms with van der Waals surface area (Å²) in [5.41, 5.74) is 0.889. The van der Waals surface area contributed by atoms with E-state index in [2.05, 4.69) is 36.0 Å². The summed E-state index contributed by atoms with van der Waals surface area (Å²) in [7, 11) is 1.71. The first-order chi connectivity index (χ1) is 12.0. The van der Waals surface area contributed by atoms with Crippen molar-refractivity contribution in [3.05, 3.63) is 17.6 Å². The zero-order valence-corrected chi connectivity index (χ0v) is 16.3. The molecule has 1 aliphatic heterocycles. The van der Waals surface area contributed by atoms with Gasteiger partial charge in [0.25, 0.3) is 0 Å². The number of hydrogen-bond acceptors (Lipinski definition) is 5. The second-order valence-corrected chi connectivity index (χ2v) is 8.64. The Hall–Kier alpha value is -1.20. The van der Waals surface area contributed by atoms with Crippen molar-refractivity contribution in [1.82, 2.24) is 14.9 Å². The average molecular weight is 347 g/mol. The van der Waals surface area contributed by atoms with Crippen molar-refractivity contribution in [2.24, 2.45) is 0 Å². The number of aromatic nitrogens is 2. The molecular formula is C20H34N4O. The lowest BCUT2D eigenvalue weighted by Gasteiger charge is -2.36. The van der Waals surface area contributed by atoms with Crippen molar-refractivity contribution in [3.63, 3.8) is 0 Å². The monoisotopic (exact) mass is 346 g/mol. The number of anilines is 1. The van der Waals surface area contributed by atoms with Crippen LogP contribution in [0.25, 0.3) is 0 Å². The molecule has 1 saturated carbocycles. The van der Waals surface area contributed by atoms with Gasteiger partial charge < -0.3 is 15.0 Å². The van der Waals surface area contributed by atoms with Crippen molar-refractivity contribution in [3.8, 4) is 0 Å². The summed E-state index contributed by atoms with van der Waals surface area (Å²) in [5.74, 6) is 1.83. The molecule has 2 fully saturated rings. The molecule has 1 aromatic heterocycles. The maximum absolute atomic E-state index is 5.29. The Morgan fingerprint density at radius 2 is 1.80 bits per heavy atom. The van der Waals surface area contributed by atoms with Crippen LogP contribution in [-0.4, -0.2) is 47.2 Å². The van der Waals surface area contributed by atoms with Gasteiger partial charge in [-0.15, -0.1) is 0 Å². The Morgan fingerprint density at radius 3 is 2.40 bits per heavy atom. The van der Waals surface area contributed by atoms with E-state index < -0.39 is 0 Å². The van der Waals surface area contributed by atoms with Gasteiger partial charge in [-0.2, -0.15) is 0 Å². The molecule has 1 aliphatic carbocycles. The lowest BCUT2D eigenvalue weighted by atomic mass is 9.95. The van der Waals surface area contributed by atoms with Crippen molar-refractivity contribution >= 4 is 5.82 Å². The standard InChI is InChI=1S/C20H34N4O/c1-20(2,3)19-22-16(14-25-4)13-18(23-19)21-15-9-11-24(12-10-15)17-7-5-6-8-17/h13,15,17H,5-12,14H2,1-4H3,(H,21,22,23). The van der Waals surface area contributed by atoms with E-state index >= 15 is 0 Å². The summed E-state index contributed by atoms with van der Waals surface area (Å²) in [4.78, 5) is 12.2. The number of ether oxygens (including phenoxy) is 1. The highest BCUT2D eigenvalue weighted by Crippen LogP contribution is 2.27. The Bertz CT molecular complexity index is 555. The van der Waals surface area contributed by atoms with Crippen LogP contribution in [0.4, 0.5) is 5.82 Å². The van der Waals surface area contributed by atoms with Gasteiger partial charge in [-0.25, -0.2) is 9.97 Å². The molecular weight excluding hydrogens is 312 g/mol. The molecule has 5 heteroatoms. The minimum absolute atomic E-state index is 0.0635. The molecule has 0 amide bonds. The Morgan fingerprint density at radius 1 is 1.12 bits per heavy atom. The van der Waals surface area contributed by atoms with Crippen LogP contribution in [0.5, 0.6) is 0 Å². The predicted molar refractivity (Wildman–Crippen MR) is 102 cm³/mol. The molecule has 0 bridgehead atoms. The van der Waals surface area contributed by atoms with Gasteiger partial charge >= 0.3 is 0 Å². The highest BCUT2D eigenvalue weighted by atomic mass is 16.5. The van der Waals surface area contributed by atoms with Crippen LogP contribution < -0.4 is 5.32 Å². The average Bonchev–Trinajstić information content (AvgIpc) is 3.09. The normalized spacial score (nSPS) is 21.0. The SMILES string of the molecule is COCc1cc(NC2CCN(C3CCCC3)CC2)nc(C(C)(C)C)n1. The topological polar surface area (TPSA) is 50.3 Å². The van der Waals surface area contributed by atoms with E-state index in [0.717, 1.165) is 23.4 Å². The first-order valence-corrected chi connectivity index (χ1v) is 9.83. The van der Waals surface area contributed by atoms with Gasteiger partial charge in [0.1, 0.15) is 11.6 Å². The maximum atomic E-state index is 5.29. The molecule has 2 aliphatic rings. The van der Waals surface area contributed by atoms with Crippen molar-refractivity contribution in [2.45, 2.75) is 83.4 Å². The van der Waals surface area contributed by atoms with E-state index in [1.54, 1.807) is 7.11 Å². The smallest absolute Gasteiger partial charge is 0.136 e. The third-order valence-electron chi connectivity index (χ3n) is 5.46. The third kappa shape index (κ3) is 4.91. The number of piperidine rings is 1. The first kappa shape index (κ1) is 18.6. The lowest BCUT2D eigenvalue weighted by molar-refractivity contribution is 0.159. The van der Waals surface area contributed by atoms with Gasteiger partial charge in [0, 0.05) is 43.8 Å². The van der Waals surface area contributed by atoms with Crippen LogP contribution in [0.1, 0.15) is 70.8 Å². The van der Waals surface area contributed by atoms with Crippen LogP contribution in [0.15, 0.2) is 6.07 Å². The largest absolute Gasteiger partial charge is 0.378 e.